The number of hydrogen-bond donors (Lipinski definition) is 2. The molecule has 0 radical (unpaired) electrons. The van der Waals surface area contributed by atoms with Crippen molar-refractivity contribution in [3.05, 3.63) is 45.4 Å². The molecule has 0 aliphatic carbocycles. The Labute approximate surface area is 182 Å². The third-order valence-corrected chi connectivity index (χ3v) is 5.82. The van der Waals surface area contributed by atoms with Gasteiger partial charge in [-0.1, -0.05) is 0 Å². The van der Waals surface area contributed by atoms with Gasteiger partial charge in [0, 0.05) is 63.4 Å². The first-order valence-electron chi connectivity index (χ1n) is 9.62. The molecule has 2 aliphatic heterocycles. The standard InChI is InChI=1S/C13H20N4O2.C7H5BrFNO/c1-15-4-3-11-10(7-15)12-13(19)16(2)5-9(8-18)6-17(12)14-11;8-6-3-5(10-4-11)1-2-7(6)9/h9,18H,3-8H2,1-2H3;1-4H,(H,10,11). The third kappa shape index (κ3) is 4.88. The first kappa shape index (κ1) is 22.4. The van der Waals surface area contributed by atoms with Gasteiger partial charge < -0.3 is 20.2 Å². The van der Waals surface area contributed by atoms with Crippen LogP contribution in [0.5, 0.6) is 0 Å². The van der Waals surface area contributed by atoms with Gasteiger partial charge in [0.1, 0.15) is 11.5 Å². The van der Waals surface area contributed by atoms with Crippen LogP contribution in [0.3, 0.4) is 0 Å². The summed E-state index contributed by atoms with van der Waals surface area (Å²) < 4.78 is 14.7. The lowest BCUT2D eigenvalue weighted by atomic mass is 10.1. The van der Waals surface area contributed by atoms with E-state index >= 15 is 0 Å². The number of amides is 2. The summed E-state index contributed by atoms with van der Waals surface area (Å²) in [5, 5.41) is 16.4. The van der Waals surface area contributed by atoms with Gasteiger partial charge in [-0.3, -0.25) is 14.3 Å². The summed E-state index contributed by atoms with van der Waals surface area (Å²) in [6.45, 7) is 3.06. The highest BCUT2D eigenvalue weighted by Crippen LogP contribution is 2.25. The Morgan fingerprint density at radius 2 is 2.13 bits per heavy atom. The normalized spacial score (nSPS) is 18.6. The number of rotatable bonds is 3. The van der Waals surface area contributed by atoms with Crippen molar-refractivity contribution in [2.24, 2.45) is 5.92 Å². The number of anilines is 1. The Morgan fingerprint density at radius 1 is 1.37 bits per heavy atom. The third-order valence-electron chi connectivity index (χ3n) is 5.21. The van der Waals surface area contributed by atoms with E-state index in [4.69, 9.17) is 0 Å². The Hall–Kier alpha value is -2.30. The summed E-state index contributed by atoms with van der Waals surface area (Å²) in [5.41, 5.74) is 3.41. The molecule has 1 atom stereocenters. The Balaban J connectivity index is 0.000000199. The smallest absolute Gasteiger partial charge is 0.272 e. The number of nitrogens with zero attached hydrogens (tertiary/aromatic N) is 4. The fraction of sp³-hybridized carbons (Fsp3) is 0.450. The minimum Gasteiger partial charge on any atom is -0.396 e. The van der Waals surface area contributed by atoms with Crippen molar-refractivity contribution >= 4 is 33.9 Å². The van der Waals surface area contributed by atoms with Gasteiger partial charge in [-0.2, -0.15) is 5.10 Å². The molecular weight excluding hydrogens is 457 g/mol. The van der Waals surface area contributed by atoms with Crippen molar-refractivity contribution < 1.29 is 19.1 Å². The Kier molecular flexibility index (Phi) is 7.22. The van der Waals surface area contributed by atoms with E-state index < -0.39 is 0 Å². The molecular formula is C20H25BrFN5O3. The van der Waals surface area contributed by atoms with Crippen LogP contribution in [0.2, 0.25) is 0 Å². The van der Waals surface area contributed by atoms with Crippen molar-refractivity contribution in [2.75, 3.05) is 39.1 Å². The second kappa shape index (κ2) is 9.67. The second-order valence-electron chi connectivity index (χ2n) is 7.57. The van der Waals surface area contributed by atoms with E-state index in [0.29, 0.717) is 29.7 Å². The molecule has 2 aromatic rings. The number of benzene rings is 1. The quantitative estimate of drug-likeness (QED) is 0.651. The van der Waals surface area contributed by atoms with E-state index in [1.54, 1.807) is 11.9 Å². The number of likely N-dealkylation sites (N-methyl/N-ethyl adjacent to an activating group) is 1. The first-order valence-corrected chi connectivity index (χ1v) is 10.4. The summed E-state index contributed by atoms with van der Waals surface area (Å²) in [6, 6.07) is 4.24. The van der Waals surface area contributed by atoms with Crippen molar-refractivity contribution in [3.8, 4) is 0 Å². The van der Waals surface area contributed by atoms with Gasteiger partial charge in [0.15, 0.2) is 0 Å². The highest BCUT2D eigenvalue weighted by Gasteiger charge is 2.32. The van der Waals surface area contributed by atoms with Crippen LogP contribution in [0, 0.1) is 11.7 Å². The van der Waals surface area contributed by atoms with Gasteiger partial charge in [0.05, 0.1) is 10.2 Å². The molecule has 30 heavy (non-hydrogen) atoms. The first-order chi connectivity index (χ1) is 14.3. The molecule has 1 aromatic heterocycles. The Morgan fingerprint density at radius 3 is 2.80 bits per heavy atom. The van der Waals surface area contributed by atoms with Crippen molar-refractivity contribution in [1.29, 1.82) is 0 Å². The zero-order valence-electron chi connectivity index (χ0n) is 16.9. The highest BCUT2D eigenvalue weighted by atomic mass is 79.9. The number of fused-ring (bicyclic) bond motifs is 3. The molecule has 0 saturated heterocycles. The SMILES string of the molecule is CN1CCc2nn3c(c2C1)C(=O)N(C)CC(CO)C3.O=CNc1ccc(F)c(Br)c1. The van der Waals surface area contributed by atoms with Crippen LogP contribution < -0.4 is 5.32 Å². The number of carbonyl (C=O) groups is 2. The predicted molar refractivity (Wildman–Crippen MR) is 114 cm³/mol. The predicted octanol–water partition coefficient (Wildman–Crippen LogP) is 1.72. The molecule has 2 amide bonds. The van der Waals surface area contributed by atoms with Crippen LogP contribution >= 0.6 is 15.9 Å². The monoisotopic (exact) mass is 481 g/mol. The summed E-state index contributed by atoms with van der Waals surface area (Å²) in [6.07, 6.45) is 1.44. The van der Waals surface area contributed by atoms with E-state index in [9.17, 15) is 19.1 Å². The average molecular weight is 482 g/mol. The molecule has 1 aromatic carbocycles. The molecule has 0 fully saturated rings. The van der Waals surface area contributed by atoms with Gasteiger partial charge in [0.25, 0.3) is 5.91 Å². The highest BCUT2D eigenvalue weighted by molar-refractivity contribution is 9.10. The van der Waals surface area contributed by atoms with Crippen LogP contribution in [0.15, 0.2) is 22.7 Å². The second-order valence-corrected chi connectivity index (χ2v) is 8.42. The lowest BCUT2D eigenvalue weighted by Gasteiger charge is -2.23. The molecule has 3 heterocycles. The molecule has 0 spiro atoms. The molecule has 2 aliphatic rings. The number of aliphatic hydroxyl groups is 1. The van der Waals surface area contributed by atoms with Gasteiger partial charge in [0.2, 0.25) is 6.41 Å². The van der Waals surface area contributed by atoms with Crippen LogP contribution in [0.4, 0.5) is 10.1 Å². The van der Waals surface area contributed by atoms with Crippen LogP contribution in [-0.4, -0.2) is 70.8 Å². The molecule has 0 bridgehead atoms. The minimum absolute atomic E-state index is 0.0278. The molecule has 162 valence electrons. The lowest BCUT2D eigenvalue weighted by Crippen LogP contribution is -2.33. The summed E-state index contributed by atoms with van der Waals surface area (Å²) in [5.74, 6) is -0.254. The van der Waals surface area contributed by atoms with E-state index in [1.807, 2.05) is 4.68 Å². The molecule has 2 N–H and O–H groups in total. The number of hydrogen-bond acceptors (Lipinski definition) is 5. The van der Waals surface area contributed by atoms with Gasteiger partial charge in [-0.05, 0) is 41.2 Å². The molecule has 8 nitrogen and oxygen atoms in total. The van der Waals surface area contributed by atoms with Gasteiger partial charge in [-0.15, -0.1) is 0 Å². The molecule has 1 unspecified atom stereocenters. The zero-order valence-corrected chi connectivity index (χ0v) is 18.5. The fourth-order valence-electron chi connectivity index (χ4n) is 3.66. The van der Waals surface area contributed by atoms with Crippen molar-refractivity contribution in [3.63, 3.8) is 0 Å². The zero-order chi connectivity index (χ0) is 21.8. The number of halogens is 2. The largest absolute Gasteiger partial charge is 0.396 e. The molecule has 0 saturated carbocycles. The molecule has 10 heteroatoms. The fourth-order valence-corrected chi connectivity index (χ4v) is 4.03. The van der Waals surface area contributed by atoms with Crippen molar-refractivity contribution in [1.82, 2.24) is 19.6 Å². The maximum atomic E-state index is 12.6. The summed E-state index contributed by atoms with van der Waals surface area (Å²) in [4.78, 5) is 26.4. The van der Waals surface area contributed by atoms with Crippen LogP contribution in [0.1, 0.15) is 21.7 Å². The number of aliphatic hydroxyl groups excluding tert-OH is 1. The molecule has 4 rings (SSSR count). The summed E-state index contributed by atoms with van der Waals surface area (Å²) in [7, 11) is 3.86. The lowest BCUT2D eigenvalue weighted by molar-refractivity contribution is -0.105. The maximum absolute atomic E-state index is 12.6. The summed E-state index contributed by atoms with van der Waals surface area (Å²) >= 11 is 2.99. The Bertz CT molecular complexity index is 935. The maximum Gasteiger partial charge on any atom is 0.272 e. The number of nitrogens with one attached hydrogen (secondary N) is 1. The number of carbonyl (C=O) groups excluding carboxylic acids is 2. The van der Waals surface area contributed by atoms with E-state index in [1.165, 1.54) is 18.2 Å². The van der Waals surface area contributed by atoms with E-state index in [2.05, 4.69) is 38.3 Å². The number of aromatic nitrogens is 2. The van der Waals surface area contributed by atoms with E-state index in [-0.39, 0.29) is 24.2 Å². The van der Waals surface area contributed by atoms with Crippen LogP contribution in [0.25, 0.3) is 0 Å². The van der Waals surface area contributed by atoms with Crippen molar-refractivity contribution in [2.45, 2.75) is 19.5 Å². The van der Waals surface area contributed by atoms with Crippen LogP contribution in [-0.2, 0) is 24.3 Å². The van der Waals surface area contributed by atoms with Gasteiger partial charge >= 0.3 is 0 Å². The topological polar surface area (TPSA) is 90.7 Å². The average Bonchev–Trinajstić information content (AvgIpc) is 3.01. The van der Waals surface area contributed by atoms with E-state index in [0.717, 1.165) is 36.5 Å². The minimum atomic E-state index is -0.346. The van der Waals surface area contributed by atoms with Gasteiger partial charge in [-0.25, -0.2) is 4.39 Å².